The van der Waals surface area contributed by atoms with Crippen LogP contribution in [-0.2, 0) is 17.9 Å². The van der Waals surface area contributed by atoms with E-state index in [0.717, 1.165) is 12.1 Å². The zero-order valence-electron chi connectivity index (χ0n) is 14.1. The van der Waals surface area contributed by atoms with Crippen molar-refractivity contribution in [2.45, 2.75) is 20.0 Å². The summed E-state index contributed by atoms with van der Waals surface area (Å²) in [7, 11) is 0. The number of amides is 1. The number of nitrogens with one attached hydrogen (secondary N) is 1. The van der Waals surface area contributed by atoms with Crippen LogP contribution in [-0.4, -0.2) is 25.5 Å². The average molecular weight is 374 g/mol. The van der Waals surface area contributed by atoms with Gasteiger partial charge in [0, 0.05) is 47.2 Å². The number of anilines is 1. The number of benzene rings is 1. The van der Waals surface area contributed by atoms with Crippen LogP contribution in [0.15, 0.2) is 48.9 Å². The Kier molecular flexibility index (Phi) is 5.48. The molecule has 134 valence electrons. The van der Waals surface area contributed by atoms with Crippen molar-refractivity contribution in [1.29, 1.82) is 0 Å². The molecular formula is C18H17ClFN5O. The molecule has 0 aliphatic carbocycles. The highest BCUT2D eigenvalue weighted by Crippen LogP contribution is 2.20. The van der Waals surface area contributed by atoms with Crippen LogP contribution in [0.1, 0.15) is 18.1 Å². The van der Waals surface area contributed by atoms with Crippen molar-refractivity contribution in [2.75, 3.05) is 5.32 Å². The zero-order chi connectivity index (χ0) is 18.5. The van der Waals surface area contributed by atoms with Crippen LogP contribution in [0.2, 0.25) is 5.02 Å². The van der Waals surface area contributed by atoms with E-state index < -0.39 is 5.82 Å². The molecule has 1 aromatic carbocycles. The Morgan fingerprint density at radius 2 is 2.19 bits per heavy atom. The maximum Gasteiger partial charge on any atom is 0.249 e. The first kappa shape index (κ1) is 17.9. The second-order valence-corrected chi connectivity index (χ2v) is 5.96. The predicted molar refractivity (Wildman–Crippen MR) is 98.3 cm³/mol. The first-order chi connectivity index (χ1) is 12.5. The number of carbonyl (C=O) groups is 1. The zero-order valence-corrected chi connectivity index (χ0v) is 14.8. The van der Waals surface area contributed by atoms with Gasteiger partial charge in [-0.1, -0.05) is 17.7 Å². The number of carbonyl (C=O) groups excluding carboxylic acids is 1. The van der Waals surface area contributed by atoms with Crippen LogP contribution < -0.4 is 5.32 Å². The summed E-state index contributed by atoms with van der Waals surface area (Å²) in [5.74, 6) is -0.339. The topological polar surface area (TPSA) is 64.7 Å². The van der Waals surface area contributed by atoms with Gasteiger partial charge in [0.05, 0.1) is 12.7 Å². The number of aryl methyl sites for hydroxylation is 1. The first-order valence-electron chi connectivity index (χ1n) is 8.03. The number of nitrogens with zero attached hydrogens (tertiary/aromatic N) is 4. The van der Waals surface area contributed by atoms with Crippen molar-refractivity contribution < 1.29 is 9.18 Å². The Hall–Kier alpha value is -2.93. The monoisotopic (exact) mass is 373 g/mol. The largest absolute Gasteiger partial charge is 0.306 e. The molecule has 0 spiro atoms. The highest BCUT2D eigenvalue weighted by molar-refractivity contribution is 6.31. The van der Waals surface area contributed by atoms with Crippen molar-refractivity contribution in [3.05, 3.63) is 70.9 Å². The van der Waals surface area contributed by atoms with E-state index in [9.17, 15) is 9.18 Å². The first-order valence-corrected chi connectivity index (χ1v) is 8.41. The van der Waals surface area contributed by atoms with Crippen molar-refractivity contribution in [3.63, 3.8) is 0 Å². The Labute approximate surface area is 154 Å². The van der Waals surface area contributed by atoms with Crippen LogP contribution in [0.3, 0.4) is 0 Å². The molecule has 0 radical (unpaired) electrons. The van der Waals surface area contributed by atoms with Gasteiger partial charge in [-0.2, -0.15) is 10.2 Å². The van der Waals surface area contributed by atoms with Crippen LogP contribution in [0, 0.1) is 5.82 Å². The quantitative estimate of drug-likeness (QED) is 0.671. The highest BCUT2D eigenvalue weighted by atomic mass is 35.5. The minimum atomic E-state index is -0.394. The Bertz CT molecular complexity index is 926. The van der Waals surface area contributed by atoms with E-state index in [-0.39, 0.29) is 12.5 Å². The van der Waals surface area contributed by atoms with E-state index in [4.69, 9.17) is 11.6 Å². The Morgan fingerprint density at radius 3 is 2.92 bits per heavy atom. The van der Waals surface area contributed by atoms with Crippen molar-refractivity contribution in [2.24, 2.45) is 0 Å². The fourth-order valence-electron chi connectivity index (χ4n) is 2.34. The molecule has 0 atom stereocenters. The highest BCUT2D eigenvalue weighted by Gasteiger charge is 2.09. The molecule has 2 heterocycles. The summed E-state index contributed by atoms with van der Waals surface area (Å²) < 4.78 is 17.1. The molecule has 0 unspecified atom stereocenters. The van der Waals surface area contributed by atoms with E-state index in [1.54, 1.807) is 41.4 Å². The summed E-state index contributed by atoms with van der Waals surface area (Å²) in [5.41, 5.74) is 1.18. The fourth-order valence-corrected chi connectivity index (χ4v) is 2.56. The summed E-state index contributed by atoms with van der Waals surface area (Å²) >= 11 is 6.02. The third-order valence-electron chi connectivity index (χ3n) is 3.68. The van der Waals surface area contributed by atoms with E-state index in [1.807, 2.05) is 13.1 Å². The molecule has 1 N–H and O–H groups in total. The van der Waals surface area contributed by atoms with Crippen molar-refractivity contribution in [3.8, 4) is 0 Å². The molecule has 0 aliphatic heterocycles. The number of rotatable bonds is 6. The summed E-state index contributed by atoms with van der Waals surface area (Å²) in [6, 6.07) is 6.15. The molecule has 0 bridgehead atoms. The molecule has 0 saturated heterocycles. The smallest absolute Gasteiger partial charge is 0.249 e. The lowest BCUT2D eigenvalue weighted by atomic mass is 10.2. The van der Waals surface area contributed by atoms with Gasteiger partial charge in [-0.25, -0.2) is 4.39 Å². The summed E-state index contributed by atoms with van der Waals surface area (Å²) in [4.78, 5) is 12.0. The lowest BCUT2D eigenvalue weighted by molar-refractivity contribution is -0.111. The van der Waals surface area contributed by atoms with Crippen LogP contribution in [0.5, 0.6) is 0 Å². The Balaban J connectivity index is 1.62. The van der Waals surface area contributed by atoms with Crippen LogP contribution >= 0.6 is 11.6 Å². The normalized spacial score (nSPS) is 11.2. The lowest BCUT2D eigenvalue weighted by Crippen LogP contribution is -2.09. The van der Waals surface area contributed by atoms with E-state index >= 15 is 0 Å². The number of halogens is 2. The molecule has 0 fully saturated rings. The van der Waals surface area contributed by atoms with E-state index in [1.165, 1.54) is 16.8 Å². The SMILES string of the molecule is CCn1cc(/C=C/C(=O)Nc2ccn(Cc3c(F)cccc3Cl)n2)cn1. The van der Waals surface area contributed by atoms with Crippen molar-refractivity contribution >= 4 is 29.4 Å². The van der Waals surface area contributed by atoms with E-state index in [2.05, 4.69) is 15.5 Å². The molecule has 3 rings (SSSR count). The molecule has 0 aliphatic rings. The van der Waals surface area contributed by atoms with Crippen molar-refractivity contribution in [1.82, 2.24) is 19.6 Å². The lowest BCUT2D eigenvalue weighted by Gasteiger charge is -2.05. The van der Waals surface area contributed by atoms with Gasteiger partial charge < -0.3 is 5.32 Å². The molecule has 1 amide bonds. The molecule has 26 heavy (non-hydrogen) atoms. The fraction of sp³-hybridized carbons (Fsp3) is 0.167. The number of hydrogen-bond acceptors (Lipinski definition) is 3. The van der Waals surface area contributed by atoms with Gasteiger partial charge in [0.25, 0.3) is 0 Å². The van der Waals surface area contributed by atoms with Gasteiger partial charge in [-0.3, -0.25) is 14.2 Å². The third-order valence-corrected chi connectivity index (χ3v) is 4.03. The van der Waals surface area contributed by atoms with Crippen LogP contribution in [0.4, 0.5) is 10.2 Å². The molecule has 3 aromatic rings. The minimum Gasteiger partial charge on any atom is -0.306 e. The average Bonchev–Trinajstić information content (AvgIpc) is 3.25. The molecular weight excluding hydrogens is 357 g/mol. The molecule has 0 saturated carbocycles. The molecule has 2 aromatic heterocycles. The number of hydrogen-bond donors (Lipinski definition) is 1. The summed E-state index contributed by atoms with van der Waals surface area (Å²) in [6.45, 7) is 2.93. The minimum absolute atomic E-state index is 0.174. The number of aromatic nitrogens is 4. The summed E-state index contributed by atoms with van der Waals surface area (Å²) in [6.07, 6.45) is 8.25. The maximum atomic E-state index is 13.8. The third kappa shape index (κ3) is 4.37. The van der Waals surface area contributed by atoms with Gasteiger partial charge >= 0.3 is 0 Å². The second kappa shape index (κ2) is 7.97. The van der Waals surface area contributed by atoms with E-state index in [0.29, 0.717) is 16.4 Å². The maximum absolute atomic E-state index is 13.8. The van der Waals surface area contributed by atoms with Gasteiger partial charge in [0.1, 0.15) is 5.82 Å². The molecule has 6 nitrogen and oxygen atoms in total. The van der Waals surface area contributed by atoms with Gasteiger partial charge in [0.2, 0.25) is 5.91 Å². The van der Waals surface area contributed by atoms with Gasteiger partial charge in [0.15, 0.2) is 5.82 Å². The second-order valence-electron chi connectivity index (χ2n) is 5.55. The standard InChI is InChI=1S/C18H17ClFN5O/c1-2-24-11-13(10-21-24)6-7-18(26)22-17-8-9-25(23-17)12-14-15(19)4-3-5-16(14)20/h3-11H,2,12H2,1H3,(H,22,23,26)/b7-6+. The van der Waals surface area contributed by atoms with Crippen LogP contribution in [0.25, 0.3) is 6.08 Å². The summed E-state index contributed by atoms with van der Waals surface area (Å²) in [5, 5.41) is 11.3. The predicted octanol–water partition coefficient (Wildman–Crippen LogP) is 3.59. The van der Waals surface area contributed by atoms with Gasteiger partial charge in [-0.15, -0.1) is 0 Å². The Morgan fingerprint density at radius 1 is 1.35 bits per heavy atom. The van der Waals surface area contributed by atoms with Gasteiger partial charge in [-0.05, 0) is 25.1 Å². The molecule has 8 heteroatoms.